The summed E-state index contributed by atoms with van der Waals surface area (Å²) in [5, 5.41) is 0. The Morgan fingerprint density at radius 2 is 2.23 bits per heavy atom. The molecule has 0 amide bonds. The largest absolute Gasteiger partial charge is 0.324 e. The minimum Gasteiger partial charge on any atom is -0.324 e. The fourth-order valence-corrected chi connectivity index (χ4v) is 1.65. The summed E-state index contributed by atoms with van der Waals surface area (Å²) in [7, 11) is 0. The predicted molar refractivity (Wildman–Crippen MR) is 55.9 cm³/mol. The molecule has 13 heavy (non-hydrogen) atoms. The van der Waals surface area contributed by atoms with E-state index in [-0.39, 0.29) is 11.9 Å². The van der Waals surface area contributed by atoms with Crippen LogP contribution in [0.5, 0.6) is 0 Å². The van der Waals surface area contributed by atoms with E-state index in [0.717, 1.165) is 12.8 Å². The smallest absolute Gasteiger partial charge is 0.142 e. The number of halogens is 2. The monoisotopic (exact) mass is 245 g/mol. The van der Waals surface area contributed by atoms with Crippen LogP contribution in [0, 0.1) is 5.82 Å². The summed E-state index contributed by atoms with van der Waals surface area (Å²) in [6.07, 6.45) is 1.78. The Bertz CT molecular complexity index is 288. The molecule has 0 aromatic heterocycles. The van der Waals surface area contributed by atoms with Gasteiger partial charge in [0.05, 0.1) is 4.47 Å². The first-order chi connectivity index (χ1) is 6.16. The Morgan fingerprint density at radius 1 is 1.54 bits per heavy atom. The van der Waals surface area contributed by atoms with Gasteiger partial charge < -0.3 is 5.73 Å². The van der Waals surface area contributed by atoms with Crippen LogP contribution >= 0.6 is 15.9 Å². The van der Waals surface area contributed by atoms with E-state index in [9.17, 15) is 4.39 Å². The lowest BCUT2D eigenvalue weighted by molar-refractivity contribution is 0.555. The average molecular weight is 246 g/mol. The topological polar surface area (TPSA) is 26.0 Å². The van der Waals surface area contributed by atoms with Gasteiger partial charge in [0.15, 0.2) is 0 Å². The zero-order chi connectivity index (χ0) is 9.84. The van der Waals surface area contributed by atoms with Crippen LogP contribution in [0.2, 0.25) is 0 Å². The number of benzene rings is 1. The summed E-state index contributed by atoms with van der Waals surface area (Å²) in [4.78, 5) is 0. The minimum absolute atomic E-state index is 0.192. The third-order valence-electron chi connectivity index (χ3n) is 1.98. The van der Waals surface area contributed by atoms with Gasteiger partial charge in [-0.2, -0.15) is 0 Å². The van der Waals surface area contributed by atoms with E-state index in [1.165, 1.54) is 0 Å². The summed E-state index contributed by atoms with van der Waals surface area (Å²) >= 11 is 3.13. The van der Waals surface area contributed by atoms with Crippen molar-refractivity contribution in [2.24, 2.45) is 5.73 Å². The maximum atomic E-state index is 13.4. The zero-order valence-corrected chi connectivity index (χ0v) is 9.14. The molecule has 1 nitrogen and oxygen atoms in total. The van der Waals surface area contributed by atoms with Crippen molar-refractivity contribution in [2.45, 2.75) is 25.8 Å². The summed E-state index contributed by atoms with van der Waals surface area (Å²) in [5.74, 6) is -0.233. The molecule has 1 rings (SSSR count). The van der Waals surface area contributed by atoms with Crippen molar-refractivity contribution in [1.82, 2.24) is 0 Å². The van der Waals surface area contributed by atoms with Crippen molar-refractivity contribution in [1.29, 1.82) is 0 Å². The molecule has 0 fully saturated rings. The normalized spacial score (nSPS) is 12.9. The van der Waals surface area contributed by atoms with Crippen LogP contribution in [0.1, 0.15) is 31.4 Å². The van der Waals surface area contributed by atoms with Crippen LogP contribution in [0.3, 0.4) is 0 Å². The third-order valence-corrected chi connectivity index (χ3v) is 2.59. The number of hydrogen-bond acceptors (Lipinski definition) is 1. The summed E-state index contributed by atoms with van der Waals surface area (Å²) < 4.78 is 13.9. The first kappa shape index (κ1) is 10.7. The molecule has 0 heterocycles. The van der Waals surface area contributed by atoms with Crippen molar-refractivity contribution in [3.05, 3.63) is 34.1 Å². The maximum Gasteiger partial charge on any atom is 0.142 e. The van der Waals surface area contributed by atoms with Crippen LogP contribution in [0.15, 0.2) is 22.7 Å². The van der Waals surface area contributed by atoms with Crippen molar-refractivity contribution in [3.63, 3.8) is 0 Å². The fourth-order valence-electron chi connectivity index (χ4n) is 1.27. The van der Waals surface area contributed by atoms with Crippen LogP contribution in [-0.4, -0.2) is 0 Å². The quantitative estimate of drug-likeness (QED) is 0.869. The molecule has 1 aromatic rings. The van der Waals surface area contributed by atoms with Gasteiger partial charge in [0, 0.05) is 11.6 Å². The van der Waals surface area contributed by atoms with Crippen molar-refractivity contribution in [3.8, 4) is 0 Å². The second-order valence-electron chi connectivity index (χ2n) is 3.04. The van der Waals surface area contributed by atoms with E-state index < -0.39 is 0 Å². The molecule has 72 valence electrons. The summed E-state index contributed by atoms with van der Waals surface area (Å²) in [6, 6.07) is 5.03. The molecule has 0 spiro atoms. The summed E-state index contributed by atoms with van der Waals surface area (Å²) in [5.41, 5.74) is 6.41. The van der Waals surface area contributed by atoms with E-state index in [4.69, 9.17) is 5.73 Å². The highest BCUT2D eigenvalue weighted by molar-refractivity contribution is 9.10. The Labute approximate surface area is 86.3 Å². The lowest BCUT2D eigenvalue weighted by atomic mass is 10.0. The van der Waals surface area contributed by atoms with Gasteiger partial charge >= 0.3 is 0 Å². The van der Waals surface area contributed by atoms with E-state index >= 15 is 0 Å². The Morgan fingerprint density at radius 3 is 2.85 bits per heavy atom. The van der Waals surface area contributed by atoms with Crippen LogP contribution < -0.4 is 5.73 Å². The van der Waals surface area contributed by atoms with Gasteiger partial charge in [-0.1, -0.05) is 25.5 Å². The molecule has 0 aliphatic heterocycles. The number of rotatable bonds is 3. The molecule has 0 unspecified atom stereocenters. The van der Waals surface area contributed by atoms with Gasteiger partial charge in [-0.15, -0.1) is 0 Å². The number of nitrogens with two attached hydrogens (primary N) is 1. The molecule has 3 heteroatoms. The standard InChI is InChI=1S/C10H13BrFN/c1-2-4-9(13)7-5-3-6-8(11)10(7)12/h3,5-6,9H,2,4,13H2,1H3/t9-/m1/s1. The molecular formula is C10H13BrFN. The summed E-state index contributed by atoms with van der Waals surface area (Å²) in [6.45, 7) is 2.04. The SMILES string of the molecule is CCC[C@@H](N)c1cccc(Br)c1F. The number of hydrogen-bond donors (Lipinski definition) is 1. The minimum atomic E-state index is -0.233. The highest BCUT2D eigenvalue weighted by atomic mass is 79.9. The maximum absolute atomic E-state index is 13.4. The Balaban J connectivity index is 2.93. The van der Waals surface area contributed by atoms with E-state index in [0.29, 0.717) is 10.0 Å². The van der Waals surface area contributed by atoms with E-state index in [1.54, 1.807) is 18.2 Å². The average Bonchev–Trinajstić information content (AvgIpc) is 2.10. The Hall–Kier alpha value is -0.410. The Kier molecular flexibility index (Phi) is 3.88. The molecule has 0 radical (unpaired) electrons. The molecule has 1 atom stereocenters. The highest BCUT2D eigenvalue weighted by Gasteiger charge is 2.11. The van der Waals surface area contributed by atoms with Crippen molar-refractivity contribution < 1.29 is 4.39 Å². The second kappa shape index (κ2) is 4.72. The zero-order valence-electron chi connectivity index (χ0n) is 7.56. The van der Waals surface area contributed by atoms with Crippen LogP contribution in [0.25, 0.3) is 0 Å². The first-order valence-corrected chi connectivity index (χ1v) is 5.15. The highest BCUT2D eigenvalue weighted by Crippen LogP contribution is 2.24. The molecular weight excluding hydrogens is 233 g/mol. The lowest BCUT2D eigenvalue weighted by Gasteiger charge is -2.12. The fraction of sp³-hybridized carbons (Fsp3) is 0.400. The first-order valence-electron chi connectivity index (χ1n) is 4.36. The van der Waals surface area contributed by atoms with Gasteiger partial charge in [0.1, 0.15) is 5.82 Å². The van der Waals surface area contributed by atoms with Gasteiger partial charge in [-0.3, -0.25) is 0 Å². The molecule has 1 aromatic carbocycles. The van der Waals surface area contributed by atoms with Gasteiger partial charge in [0.25, 0.3) is 0 Å². The lowest BCUT2D eigenvalue weighted by Crippen LogP contribution is -2.11. The van der Waals surface area contributed by atoms with Crippen LogP contribution in [-0.2, 0) is 0 Å². The molecule has 0 aliphatic carbocycles. The van der Waals surface area contributed by atoms with Gasteiger partial charge in [-0.05, 0) is 28.4 Å². The van der Waals surface area contributed by atoms with Crippen LogP contribution in [0.4, 0.5) is 4.39 Å². The molecule has 0 aliphatic rings. The second-order valence-corrected chi connectivity index (χ2v) is 3.89. The van der Waals surface area contributed by atoms with Gasteiger partial charge in [-0.25, -0.2) is 4.39 Å². The predicted octanol–water partition coefficient (Wildman–Crippen LogP) is 3.39. The van der Waals surface area contributed by atoms with E-state index in [2.05, 4.69) is 15.9 Å². The molecule has 0 saturated carbocycles. The molecule has 2 N–H and O–H groups in total. The van der Waals surface area contributed by atoms with Gasteiger partial charge in [0.2, 0.25) is 0 Å². The molecule has 0 saturated heterocycles. The van der Waals surface area contributed by atoms with E-state index in [1.807, 2.05) is 6.92 Å². The van der Waals surface area contributed by atoms with Crippen molar-refractivity contribution >= 4 is 15.9 Å². The van der Waals surface area contributed by atoms with Crippen molar-refractivity contribution in [2.75, 3.05) is 0 Å². The molecule has 0 bridgehead atoms. The third kappa shape index (κ3) is 2.51.